The number of hydrogen-bond donors (Lipinski definition) is 2. The van der Waals surface area contributed by atoms with E-state index in [1.54, 1.807) is 0 Å². The zero-order chi connectivity index (χ0) is 10.3. The third-order valence-electron chi connectivity index (χ3n) is 2.88. The van der Waals surface area contributed by atoms with Crippen LogP contribution in [0.2, 0.25) is 0 Å². The molecule has 2 rings (SSSR count). The van der Waals surface area contributed by atoms with Crippen LogP contribution in [0.25, 0.3) is 0 Å². The van der Waals surface area contributed by atoms with Crippen molar-refractivity contribution in [2.24, 2.45) is 0 Å². The van der Waals surface area contributed by atoms with E-state index in [0.717, 1.165) is 34.1 Å². The number of aryl methyl sites for hydroxylation is 1. The Kier molecular flexibility index (Phi) is 2.54. The minimum absolute atomic E-state index is 0.340. The average Bonchev–Trinajstić information content (AvgIpc) is 2.05. The van der Waals surface area contributed by atoms with Gasteiger partial charge in [0.25, 0.3) is 0 Å². The first-order valence-electron chi connectivity index (χ1n) is 4.83. The van der Waals surface area contributed by atoms with Crippen molar-refractivity contribution in [3.8, 4) is 5.75 Å². The highest BCUT2D eigenvalue weighted by Gasteiger charge is 2.24. The van der Waals surface area contributed by atoms with Gasteiger partial charge in [0, 0.05) is 16.1 Å². The van der Waals surface area contributed by atoms with E-state index in [1.165, 1.54) is 0 Å². The predicted octanol–water partition coefficient (Wildman–Crippen LogP) is 2.81. The molecule has 0 radical (unpaired) electrons. The lowest BCUT2D eigenvalue weighted by Gasteiger charge is -2.30. The molecule has 14 heavy (non-hydrogen) atoms. The number of halogens is 1. The lowest BCUT2D eigenvalue weighted by Crippen LogP contribution is -2.35. The molecule has 0 saturated carbocycles. The minimum Gasteiger partial charge on any atom is -0.508 e. The number of aromatic hydroxyl groups is 1. The van der Waals surface area contributed by atoms with E-state index in [-0.39, 0.29) is 0 Å². The van der Waals surface area contributed by atoms with Gasteiger partial charge in [-0.2, -0.15) is 0 Å². The first-order valence-corrected chi connectivity index (χ1v) is 5.62. The number of phenolic OH excluding ortho intramolecular Hbond substituents is 1. The Balaban J connectivity index is 2.52. The van der Waals surface area contributed by atoms with Gasteiger partial charge in [0.15, 0.2) is 0 Å². The molecule has 2 nitrogen and oxygen atoms in total. The first-order chi connectivity index (χ1) is 6.61. The van der Waals surface area contributed by atoms with Crippen LogP contribution >= 0.6 is 15.9 Å². The highest BCUT2D eigenvalue weighted by Crippen LogP contribution is 2.38. The van der Waals surface area contributed by atoms with Crippen molar-refractivity contribution in [3.63, 3.8) is 0 Å². The maximum atomic E-state index is 9.87. The summed E-state index contributed by atoms with van der Waals surface area (Å²) >= 11 is 3.55. The highest BCUT2D eigenvalue weighted by atomic mass is 79.9. The Morgan fingerprint density at radius 2 is 2.14 bits per heavy atom. The van der Waals surface area contributed by atoms with E-state index in [4.69, 9.17) is 0 Å². The molecule has 0 aliphatic carbocycles. The molecule has 3 heteroatoms. The standard InChI is InChI=1S/C11H14BrNO/c1-6-5-9(14)10(7(2)11(6)12)8-3-4-13-8/h5,8,13-14H,3-4H2,1-2H3/t8-/m1/s1. The molecule has 1 aromatic carbocycles. The predicted molar refractivity (Wildman–Crippen MR) is 60.6 cm³/mol. The molecule has 1 atom stereocenters. The van der Waals surface area contributed by atoms with Gasteiger partial charge in [-0.05, 0) is 44.0 Å². The van der Waals surface area contributed by atoms with Gasteiger partial charge in [0.05, 0.1) is 0 Å². The summed E-state index contributed by atoms with van der Waals surface area (Å²) < 4.78 is 1.11. The molecule has 0 bridgehead atoms. The lowest BCUT2D eigenvalue weighted by molar-refractivity contribution is 0.362. The molecule has 1 saturated heterocycles. The molecule has 1 aliphatic heterocycles. The summed E-state index contributed by atoms with van der Waals surface area (Å²) in [5.74, 6) is 0.417. The molecular formula is C11H14BrNO. The summed E-state index contributed by atoms with van der Waals surface area (Å²) in [5, 5.41) is 13.2. The molecule has 0 spiro atoms. The van der Waals surface area contributed by atoms with Crippen LogP contribution in [-0.2, 0) is 0 Å². The topological polar surface area (TPSA) is 32.3 Å². The summed E-state index contributed by atoms with van der Waals surface area (Å²) in [5.41, 5.74) is 3.29. The number of hydrogen-bond acceptors (Lipinski definition) is 2. The maximum Gasteiger partial charge on any atom is 0.120 e. The molecular weight excluding hydrogens is 242 g/mol. The first kappa shape index (κ1) is 9.99. The largest absolute Gasteiger partial charge is 0.508 e. The fraction of sp³-hybridized carbons (Fsp3) is 0.455. The lowest BCUT2D eigenvalue weighted by atomic mass is 9.92. The summed E-state index contributed by atoms with van der Waals surface area (Å²) in [6, 6.07) is 2.17. The van der Waals surface area contributed by atoms with Crippen molar-refractivity contribution in [1.82, 2.24) is 5.32 Å². The second-order valence-corrected chi connectivity index (χ2v) is 4.65. The maximum absolute atomic E-state index is 9.87. The van der Waals surface area contributed by atoms with Gasteiger partial charge in [-0.15, -0.1) is 0 Å². The Bertz CT molecular complexity index is 372. The van der Waals surface area contributed by atoms with Crippen molar-refractivity contribution in [2.75, 3.05) is 6.54 Å². The Hall–Kier alpha value is -0.540. The number of benzene rings is 1. The molecule has 1 aliphatic rings. The second-order valence-electron chi connectivity index (χ2n) is 3.86. The molecule has 2 N–H and O–H groups in total. The van der Waals surface area contributed by atoms with E-state index in [0.29, 0.717) is 11.8 Å². The number of rotatable bonds is 1. The summed E-state index contributed by atoms with van der Waals surface area (Å²) in [7, 11) is 0. The summed E-state index contributed by atoms with van der Waals surface area (Å²) in [6.45, 7) is 5.09. The van der Waals surface area contributed by atoms with Crippen molar-refractivity contribution in [3.05, 3.63) is 27.2 Å². The van der Waals surface area contributed by atoms with Crippen molar-refractivity contribution < 1.29 is 5.11 Å². The second kappa shape index (κ2) is 3.55. The summed E-state index contributed by atoms with van der Waals surface area (Å²) in [4.78, 5) is 0. The highest BCUT2D eigenvalue weighted by molar-refractivity contribution is 9.10. The average molecular weight is 256 g/mol. The molecule has 1 fully saturated rings. The van der Waals surface area contributed by atoms with Crippen LogP contribution in [0.5, 0.6) is 5.75 Å². The van der Waals surface area contributed by atoms with Gasteiger partial charge < -0.3 is 10.4 Å². The van der Waals surface area contributed by atoms with Gasteiger partial charge in [-0.3, -0.25) is 0 Å². The van der Waals surface area contributed by atoms with Gasteiger partial charge in [-0.25, -0.2) is 0 Å². The quantitative estimate of drug-likeness (QED) is 0.809. The number of phenols is 1. The van der Waals surface area contributed by atoms with Crippen LogP contribution in [0.15, 0.2) is 10.5 Å². The SMILES string of the molecule is Cc1cc(O)c([C@H]2CCN2)c(C)c1Br. The molecule has 0 unspecified atom stereocenters. The fourth-order valence-electron chi connectivity index (χ4n) is 1.93. The normalized spacial score (nSPS) is 20.6. The van der Waals surface area contributed by atoms with Crippen molar-refractivity contribution in [2.45, 2.75) is 26.3 Å². The van der Waals surface area contributed by atoms with Crippen molar-refractivity contribution in [1.29, 1.82) is 0 Å². The monoisotopic (exact) mass is 255 g/mol. The molecule has 0 aromatic heterocycles. The fourth-order valence-corrected chi connectivity index (χ4v) is 2.26. The Morgan fingerprint density at radius 1 is 1.50 bits per heavy atom. The van der Waals surface area contributed by atoms with E-state index < -0.39 is 0 Å². The van der Waals surface area contributed by atoms with Crippen LogP contribution in [-0.4, -0.2) is 11.7 Å². The van der Waals surface area contributed by atoms with Gasteiger partial charge >= 0.3 is 0 Å². The molecule has 1 aromatic rings. The zero-order valence-corrected chi connectivity index (χ0v) is 9.98. The van der Waals surface area contributed by atoms with Crippen LogP contribution in [0.3, 0.4) is 0 Å². The van der Waals surface area contributed by atoms with E-state index >= 15 is 0 Å². The summed E-state index contributed by atoms with van der Waals surface area (Å²) in [6.07, 6.45) is 1.11. The third-order valence-corrected chi connectivity index (χ3v) is 4.10. The molecule has 0 amide bonds. The Morgan fingerprint density at radius 3 is 2.64 bits per heavy atom. The van der Waals surface area contributed by atoms with Crippen molar-refractivity contribution >= 4 is 15.9 Å². The van der Waals surface area contributed by atoms with E-state index in [9.17, 15) is 5.11 Å². The Labute approximate surface area is 92.5 Å². The van der Waals surface area contributed by atoms with E-state index in [2.05, 4.69) is 21.2 Å². The van der Waals surface area contributed by atoms with Gasteiger partial charge in [0.2, 0.25) is 0 Å². The molecule has 1 heterocycles. The van der Waals surface area contributed by atoms with Crippen LogP contribution < -0.4 is 5.32 Å². The van der Waals surface area contributed by atoms with Gasteiger partial charge in [0.1, 0.15) is 5.75 Å². The molecule has 76 valence electrons. The van der Waals surface area contributed by atoms with Gasteiger partial charge in [-0.1, -0.05) is 15.9 Å². The smallest absolute Gasteiger partial charge is 0.120 e. The van der Waals surface area contributed by atoms with Crippen LogP contribution in [0, 0.1) is 13.8 Å². The minimum atomic E-state index is 0.340. The number of nitrogens with one attached hydrogen (secondary N) is 1. The van der Waals surface area contributed by atoms with Crippen LogP contribution in [0.1, 0.15) is 29.2 Å². The zero-order valence-electron chi connectivity index (χ0n) is 8.39. The van der Waals surface area contributed by atoms with E-state index in [1.807, 2.05) is 19.9 Å². The van der Waals surface area contributed by atoms with Crippen LogP contribution in [0.4, 0.5) is 0 Å². The third kappa shape index (κ3) is 1.44.